The molecule has 0 aromatic carbocycles. The number of halogens is 1. The van der Waals surface area contributed by atoms with Crippen LogP contribution in [0, 0.1) is 0 Å². The molecule has 1 aromatic heterocycles. The van der Waals surface area contributed by atoms with Gasteiger partial charge in [-0.25, -0.2) is 4.79 Å². The van der Waals surface area contributed by atoms with Crippen LogP contribution in [0.2, 0.25) is 0 Å². The Labute approximate surface area is 81.7 Å². The van der Waals surface area contributed by atoms with Gasteiger partial charge in [-0.2, -0.15) is 0 Å². The number of aliphatic hydroxyl groups is 2. The van der Waals surface area contributed by atoms with Gasteiger partial charge in [-0.3, -0.25) is 0 Å². The molecule has 2 atom stereocenters. The normalized spacial score (nSPS) is 15.3. The second kappa shape index (κ2) is 3.91. The van der Waals surface area contributed by atoms with E-state index >= 15 is 0 Å². The van der Waals surface area contributed by atoms with Gasteiger partial charge in [0.25, 0.3) is 0 Å². The smallest absolute Gasteiger partial charge is 0.335 e. The molecule has 1 rings (SSSR count). The van der Waals surface area contributed by atoms with E-state index in [9.17, 15) is 9.90 Å². The van der Waals surface area contributed by atoms with Gasteiger partial charge in [-0.15, -0.1) is 0 Å². The fraction of sp³-hybridized carbons (Fsp3) is 0.286. The first-order chi connectivity index (χ1) is 6.02. The van der Waals surface area contributed by atoms with Crippen molar-refractivity contribution in [2.24, 2.45) is 0 Å². The molecule has 2 unspecified atom stereocenters. The Kier molecular flexibility index (Phi) is 3.07. The van der Waals surface area contributed by atoms with Gasteiger partial charge in [-0.05, 0) is 28.1 Å². The minimum Gasteiger partial charge on any atom is -0.479 e. The SMILES string of the molecule is O=C(O)C(O)C(O)c1ccc(Br)o1. The molecule has 0 saturated carbocycles. The van der Waals surface area contributed by atoms with E-state index in [0.717, 1.165) is 0 Å². The second-order valence-corrected chi connectivity index (χ2v) is 3.15. The van der Waals surface area contributed by atoms with Gasteiger partial charge in [0.2, 0.25) is 0 Å². The average Bonchev–Trinajstić information content (AvgIpc) is 2.49. The van der Waals surface area contributed by atoms with Crippen molar-refractivity contribution in [2.75, 3.05) is 0 Å². The zero-order valence-corrected chi connectivity index (χ0v) is 7.93. The molecule has 0 saturated heterocycles. The number of hydrogen-bond acceptors (Lipinski definition) is 4. The van der Waals surface area contributed by atoms with Gasteiger partial charge in [-0.1, -0.05) is 0 Å². The highest BCUT2D eigenvalue weighted by Crippen LogP contribution is 2.22. The molecule has 0 aliphatic carbocycles. The maximum atomic E-state index is 10.3. The summed E-state index contributed by atoms with van der Waals surface area (Å²) in [7, 11) is 0. The summed E-state index contributed by atoms with van der Waals surface area (Å²) in [5.74, 6) is -1.50. The third-order valence-corrected chi connectivity index (χ3v) is 1.86. The molecule has 6 heteroatoms. The quantitative estimate of drug-likeness (QED) is 0.728. The Bertz CT molecular complexity index is 308. The van der Waals surface area contributed by atoms with Crippen LogP contribution in [0.15, 0.2) is 21.2 Å². The average molecular weight is 251 g/mol. The highest BCUT2D eigenvalue weighted by atomic mass is 79.9. The highest BCUT2D eigenvalue weighted by molar-refractivity contribution is 9.10. The van der Waals surface area contributed by atoms with Crippen molar-refractivity contribution in [1.82, 2.24) is 0 Å². The van der Waals surface area contributed by atoms with E-state index in [1.807, 2.05) is 0 Å². The van der Waals surface area contributed by atoms with Crippen molar-refractivity contribution >= 4 is 21.9 Å². The van der Waals surface area contributed by atoms with Crippen LogP contribution in [0.25, 0.3) is 0 Å². The van der Waals surface area contributed by atoms with E-state index < -0.39 is 18.2 Å². The van der Waals surface area contributed by atoms with Crippen LogP contribution in [0.5, 0.6) is 0 Å². The lowest BCUT2D eigenvalue weighted by Gasteiger charge is -2.10. The topological polar surface area (TPSA) is 90.9 Å². The van der Waals surface area contributed by atoms with Gasteiger partial charge >= 0.3 is 5.97 Å². The van der Waals surface area contributed by atoms with Gasteiger partial charge in [0.1, 0.15) is 11.9 Å². The zero-order valence-electron chi connectivity index (χ0n) is 6.35. The summed E-state index contributed by atoms with van der Waals surface area (Å²) in [5, 5.41) is 26.5. The number of aliphatic hydroxyl groups excluding tert-OH is 2. The molecular weight excluding hydrogens is 244 g/mol. The molecular formula is C7H7BrO5. The minimum absolute atomic E-state index is 0.00164. The van der Waals surface area contributed by atoms with Crippen molar-refractivity contribution in [1.29, 1.82) is 0 Å². The predicted octanol–water partition coefficient (Wildman–Crippen LogP) is 0.521. The Balaban J connectivity index is 2.78. The lowest BCUT2D eigenvalue weighted by molar-refractivity contribution is -0.153. The van der Waals surface area contributed by atoms with E-state index in [1.54, 1.807) is 0 Å². The van der Waals surface area contributed by atoms with Crippen LogP contribution in [0.1, 0.15) is 11.9 Å². The molecule has 1 aromatic rings. The monoisotopic (exact) mass is 250 g/mol. The Hall–Kier alpha value is -0.850. The Morgan fingerprint density at radius 1 is 1.46 bits per heavy atom. The van der Waals surface area contributed by atoms with Crippen LogP contribution in [0.3, 0.4) is 0 Å². The lowest BCUT2D eigenvalue weighted by Crippen LogP contribution is -2.27. The molecule has 13 heavy (non-hydrogen) atoms. The number of furan rings is 1. The Morgan fingerprint density at radius 2 is 2.08 bits per heavy atom. The molecule has 5 nitrogen and oxygen atoms in total. The number of carboxylic acid groups (broad SMARTS) is 1. The number of aliphatic carboxylic acids is 1. The van der Waals surface area contributed by atoms with Crippen molar-refractivity contribution in [3.05, 3.63) is 22.6 Å². The fourth-order valence-corrected chi connectivity index (χ4v) is 1.10. The number of hydrogen-bond donors (Lipinski definition) is 3. The molecule has 72 valence electrons. The minimum atomic E-state index is -1.88. The van der Waals surface area contributed by atoms with E-state index in [0.29, 0.717) is 4.67 Å². The number of carboxylic acids is 1. The predicted molar refractivity (Wildman–Crippen MR) is 45.0 cm³/mol. The lowest BCUT2D eigenvalue weighted by atomic mass is 10.1. The van der Waals surface area contributed by atoms with Crippen molar-refractivity contribution in [3.8, 4) is 0 Å². The maximum absolute atomic E-state index is 10.3. The standard InChI is InChI=1S/C7H7BrO5/c8-4-2-1-3(13-4)5(9)6(10)7(11)12/h1-2,5-6,9-10H,(H,11,12). The third-order valence-electron chi connectivity index (χ3n) is 1.44. The first kappa shape index (κ1) is 10.2. The van der Waals surface area contributed by atoms with Gasteiger partial charge in [0.15, 0.2) is 10.8 Å². The fourth-order valence-electron chi connectivity index (χ4n) is 0.778. The summed E-state index contributed by atoms with van der Waals surface area (Å²) in [4.78, 5) is 10.3. The molecule has 0 spiro atoms. The zero-order chi connectivity index (χ0) is 10.0. The largest absolute Gasteiger partial charge is 0.479 e. The molecule has 0 radical (unpaired) electrons. The molecule has 1 heterocycles. The van der Waals surface area contributed by atoms with E-state index in [2.05, 4.69) is 15.9 Å². The molecule has 0 aliphatic heterocycles. The Morgan fingerprint density at radius 3 is 2.46 bits per heavy atom. The molecule has 0 amide bonds. The van der Waals surface area contributed by atoms with Crippen molar-refractivity contribution in [3.63, 3.8) is 0 Å². The van der Waals surface area contributed by atoms with E-state index in [1.165, 1.54) is 12.1 Å². The number of rotatable bonds is 3. The summed E-state index contributed by atoms with van der Waals surface area (Å²) in [5.41, 5.74) is 0. The van der Waals surface area contributed by atoms with Crippen molar-refractivity contribution in [2.45, 2.75) is 12.2 Å². The summed E-state index contributed by atoms with van der Waals surface area (Å²) in [6.45, 7) is 0. The van der Waals surface area contributed by atoms with Crippen LogP contribution in [0.4, 0.5) is 0 Å². The maximum Gasteiger partial charge on any atom is 0.335 e. The highest BCUT2D eigenvalue weighted by Gasteiger charge is 2.27. The molecule has 0 fully saturated rings. The summed E-state index contributed by atoms with van der Waals surface area (Å²) in [6.07, 6.45) is -3.43. The van der Waals surface area contributed by atoms with Gasteiger partial charge < -0.3 is 19.7 Å². The van der Waals surface area contributed by atoms with E-state index in [-0.39, 0.29) is 5.76 Å². The van der Waals surface area contributed by atoms with Gasteiger partial charge in [0.05, 0.1) is 0 Å². The first-order valence-electron chi connectivity index (χ1n) is 3.36. The molecule has 0 bridgehead atoms. The van der Waals surface area contributed by atoms with Crippen LogP contribution < -0.4 is 0 Å². The van der Waals surface area contributed by atoms with Crippen LogP contribution in [-0.4, -0.2) is 27.4 Å². The van der Waals surface area contributed by atoms with Crippen LogP contribution in [-0.2, 0) is 4.79 Å². The third kappa shape index (κ3) is 2.30. The molecule has 3 N–H and O–H groups in total. The second-order valence-electron chi connectivity index (χ2n) is 2.37. The number of carbonyl (C=O) groups is 1. The summed E-state index contributed by atoms with van der Waals surface area (Å²) >= 11 is 2.98. The van der Waals surface area contributed by atoms with Crippen molar-refractivity contribution < 1.29 is 24.5 Å². The van der Waals surface area contributed by atoms with E-state index in [4.69, 9.17) is 14.6 Å². The summed E-state index contributed by atoms with van der Waals surface area (Å²) < 4.78 is 5.22. The van der Waals surface area contributed by atoms with Gasteiger partial charge in [0, 0.05) is 0 Å². The molecule has 0 aliphatic rings. The first-order valence-corrected chi connectivity index (χ1v) is 4.16. The summed E-state index contributed by atoms with van der Waals surface area (Å²) in [6, 6.07) is 2.87. The van der Waals surface area contributed by atoms with Crippen LogP contribution >= 0.6 is 15.9 Å².